The number of carbonyl (C=O) groups excluding carboxylic acids is 1. The van der Waals surface area contributed by atoms with Crippen LogP contribution in [-0.4, -0.2) is 11.3 Å². The summed E-state index contributed by atoms with van der Waals surface area (Å²) in [5, 5.41) is 0.495. The number of aromatic nitrogens is 1. The van der Waals surface area contributed by atoms with Crippen LogP contribution in [0.25, 0.3) is 22.2 Å². The third-order valence-corrected chi connectivity index (χ3v) is 3.05. The van der Waals surface area contributed by atoms with Crippen LogP contribution < -0.4 is 0 Å². The average molecular weight is 257 g/mol. The number of benzene rings is 2. The predicted molar refractivity (Wildman–Crippen MR) is 69.0 cm³/mol. The quantitative estimate of drug-likeness (QED) is 0.693. The summed E-state index contributed by atoms with van der Waals surface area (Å²) in [6, 6.07) is 10.3. The Kier molecular flexibility index (Phi) is 2.63. The molecule has 1 heterocycles. The topological polar surface area (TPSA) is 32.9 Å². The van der Waals surface area contributed by atoms with Gasteiger partial charge in [0, 0.05) is 16.5 Å². The van der Waals surface area contributed by atoms with Crippen LogP contribution in [0, 0.1) is 11.6 Å². The molecule has 0 saturated heterocycles. The minimum absolute atomic E-state index is 0.254. The summed E-state index contributed by atoms with van der Waals surface area (Å²) in [6.07, 6.45) is 0.651. The maximum absolute atomic E-state index is 13.7. The first-order chi connectivity index (χ1) is 9.20. The molecule has 1 N–H and O–H groups in total. The Morgan fingerprint density at radius 1 is 1.05 bits per heavy atom. The van der Waals surface area contributed by atoms with Gasteiger partial charge in [-0.25, -0.2) is 8.78 Å². The van der Waals surface area contributed by atoms with Crippen molar-refractivity contribution in [2.75, 3.05) is 0 Å². The molecule has 0 aliphatic heterocycles. The van der Waals surface area contributed by atoms with Crippen molar-refractivity contribution in [1.82, 2.24) is 4.98 Å². The van der Waals surface area contributed by atoms with Crippen molar-refractivity contribution in [2.45, 2.75) is 0 Å². The van der Waals surface area contributed by atoms with E-state index in [9.17, 15) is 13.6 Å². The van der Waals surface area contributed by atoms with Gasteiger partial charge >= 0.3 is 0 Å². The van der Waals surface area contributed by atoms with Gasteiger partial charge in [0.25, 0.3) is 0 Å². The second kappa shape index (κ2) is 4.31. The van der Waals surface area contributed by atoms with Gasteiger partial charge in [-0.1, -0.05) is 24.3 Å². The molecule has 3 rings (SSSR count). The molecule has 0 spiro atoms. The molecule has 94 valence electrons. The molecule has 0 amide bonds. The first kappa shape index (κ1) is 11.6. The van der Waals surface area contributed by atoms with Crippen molar-refractivity contribution in [3.05, 3.63) is 59.7 Å². The third kappa shape index (κ3) is 1.81. The summed E-state index contributed by atoms with van der Waals surface area (Å²) < 4.78 is 26.9. The molecule has 0 radical (unpaired) electrons. The summed E-state index contributed by atoms with van der Waals surface area (Å²) in [6.45, 7) is 0. The minimum Gasteiger partial charge on any atom is -0.352 e. The molecule has 3 aromatic rings. The smallest absolute Gasteiger partial charge is 0.152 e. The molecule has 0 aliphatic carbocycles. The van der Waals surface area contributed by atoms with E-state index in [1.165, 1.54) is 24.3 Å². The van der Waals surface area contributed by atoms with Crippen LogP contribution >= 0.6 is 0 Å². The lowest BCUT2D eigenvalue weighted by atomic mass is 10.1. The molecule has 0 saturated carbocycles. The highest BCUT2D eigenvalue weighted by Crippen LogP contribution is 2.30. The number of hydrogen-bond donors (Lipinski definition) is 1. The molecule has 1 aromatic heterocycles. The highest BCUT2D eigenvalue weighted by molar-refractivity contribution is 6.04. The van der Waals surface area contributed by atoms with Gasteiger partial charge in [0.05, 0.1) is 11.2 Å². The molecule has 0 atom stereocenters. The lowest BCUT2D eigenvalue weighted by Crippen LogP contribution is -1.85. The number of hydrogen-bond acceptors (Lipinski definition) is 1. The molecule has 2 nitrogen and oxygen atoms in total. The number of nitrogens with one attached hydrogen (secondary N) is 1. The van der Waals surface area contributed by atoms with Crippen molar-refractivity contribution in [2.24, 2.45) is 0 Å². The van der Waals surface area contributed by atoms with Crippen LogP contribution in [0.1, 0.15) is 10.4 Å². The number of fused-ring (bicyclic) bond motifs is 1. The Hall–Kier alpha value is -2.49. The zero-order valence-corrected chi connectivity index (χ0v) is 9.78. The molecular formula is C15H9F2NO. The van der Waals surface area contributed by atoms with Crippen LogP contribution in [0.4, 0.5) is 8.78 Å². The Bertz CT molecular complexity index is 777. The van der Waals surface area contributed by atoms with Crippen molar-refractivity contribution >= 4 is 17.2 Å². The largest absolute Gasteiger partial charge is 0.352 e. The number of rotatable bonds is 2. The summed E-state index contributed by atoms with van der Waals surface area (Å²) in [7, 11) is 0. The van der Waals surface area contributed by atoms with Crippen molar-refractivity contribution in [1.29, 1.82) is 0 Å². The third-order valence-electron chi connectivity index (χ3n) is 3.05. The highest BCUT2D eigenvalue weighted by atomic mass is 19.1. The van der Waals surface area contributed by atoms with E-state index in [2.05, 4.69) is 4.98 Å². The van der Waals surface area contributed by atoms with Gasteiger partial charge in [0.15, 0.2) is 6.29 Å². The van der Waals surface area contributed by atoms with Crippen LogP contribution in [0.2, 0.25) is 0 Å². The second-order valence-corrected chi connectivity index (χ2v) is 4.20. The standard InChI is InChI=1S/C15H9F2NO/c16-10-4-1-3-9(7-10)14-12(8-19)11-5-2-6-13(17)15(11)18-14/h1-8,18H. The first-order valence-corrected chi connectivity index (χ1v) is 5.72. The van der Waals surface area contributed by atoms with Crippen molar-refractivity contribution in [3.63, 3.8) is 0 Å². The molecule has 0 unspecified atom stereocenters. The van der Waals surface area contributed by atoms with E-state index in [0.29, 0.717) is 28.5 Å². The zero-order valence-electron chi connectivity index (χ0n) is 9.78. The van der Waals surface area contributed by atoms with Crippen LogP contribution in [0.15, 0.2) is 42.5 Å². The molecule has 0 fully saturated rings. The number of halogens is 2. The number of aromatic amines is 1. The van der Waals surface area contributed by atoms with Crippen LogP contribution in [-0.2, 0) is 0 Å². The SMILES string of the molecule is O=Cc1c(-c2cccc(F)c2)[nH]c2c(F)cccc12. The number of aldehydes is 1. The second-order valence-electron chi connectivity index (χ2n) is 4.20. The van der Waals surface area contributed by atoms with Gasteiger partial charge in [-0.05, 0) is 18.2 Å². The molecule has 0 aliphatic rings. The molecule has 0 bridgehead atoms. The van der Waals surface area contributed by atoms with Gasteiger partial charge < -0.3 is 4.98 Å². The zero-order chi connectivity index (χ0) is 13.4. The van der Waals surface area contributed by atoms with Crippen LogP contribution in [0.3, 0.4) is 0 Å². The van der Waals surface area contributed by atoms with E-state index >= 15 is 0 Å². The van der Waals surface area contributed by atoms with Crippen molar-refractivity contribution < 1.29 is 13.6 Å². The van der Waals surface area contributed by atoms with Gasteiger partial charge in [0.1, 0.15) is 11.6 Å². The highest BCUT2D eigenvalue weighted by Gasteiger charge is 2.15. The monoisotopic (exact) mass is 257 g/mol. The summed E-state index contributed by atoms with van der Waals surface area (Å²) in [5.74, 6) is -0.850. The van der Waals surface area contributed by atoms with E-state index < -0.39 is 11.6 Å². The molecular weight excluding hydrogens is 248 g/mol. The van der Waals surface area contributed by atoms with Gasteiger partial charge in [0.2, 0.25) is 0 Å². The van der Waals surface area contributed by atoms with Gasteiger partial charge in [-0.2, -0.15) is 0 Å². The predicted octanol–water partition coefficient (Wildman–Crippen LogP) is 3.93. The normalized spacial score (nSPS) is 10.8. The number of para-hydroxylation sites is 1. The minimum atomic E-state index is -0.441. The van der Waals surface area contributed by atoms with Crippen molar-refractivity contribution in [3.8, 4) is 11.3 Å². The summed E-state index contributed by atoms with van der Waals surface area (Å²) >= 11 is 0. The van der Waals surface area contributed by atoms with Gasteiger partial charge in [-0.15, -0.1) is 0 Å². The maximum Gasteiger partial charge on any atom is 0.152 e. The lowest BCUT2D eigenvalue weighted by molar-refractivity contribution is 0.112. The molecule has 4 heteroatoms. The Morgan fingerprint density at radius 2 is 1.84 bits per heavy atom. The average Bonchev–Trinajstić information content (AvgIpc) is 2.79. The van der Waals surface area contributed by atoms with E-state index in [4.69, 9.17) is 0 Å². The first-order valence-electron chi connectivity index (χ1n) is 5.72. The fourth-order valence-electron chi connectivity index (χ4n) is 2.20. The van der Waals surface area contributed by atoms with E-state index in [1.54, 1.807) is 18.2 Å². The summed E-state index contributed by atoms with van der Waals surface area (Å²) in [5.41, 5.74) is 1.52. The van der Waals surface area contributed by atoms with E-state index in [0.717, 1.165) is 0 Å². The Labute approximate surface area is 107 Å². The number of H-pyrrole nitrogens is 1. The number of carbonyl (C=O) groups is 1. The van der Waals surface area contributed by atoms with Crippen LogP contribution in [0.5, 0.6) is 0 Å². The summed E-state index contributed by atoms with van der Waals surface area (Å²) in [4.78, 5) is 14.1. The molecule has 19 heavy (non-hydrogen) atoms. The van der Waals surface area contributed by atoms with Gasteiger partial charge in [-0.3, -0.25) is 4.79 Å². The van der Waals surface area contributed by atoms with E-state index in [-0.39, 0.29) is 5.52 Å². The molecule has 2 aromatic carbocycles. The Balaban J connectivity index is 2.35. The lowest BCUT2D eigenvalue weighted by Gasteiger charge is -1.99. The Morgan fingerprint density at radius 3 is 2.58 bits per heavy atom. The fraction of sp³-hybridized carbons (Fsp3) is 0. The fourth-order valence-corrected chi connectivity index (χ4v) is 2.20. The van der Waals surface area contributed by atoms with E-state index in [1.807, 2.05) is 0 Å². The maximum atomic E-state index is 13.7.